The Morgan fingerprint density at radius 2 is 1.75 bits per heavy atom. The summed E-state index contributed by atoms with van der Waals surface area (Å²) >= 11 is 0. The molecule has 3 aromatic rings. The first kappa shape index (κ1) is 20.3. The first-order chi connectivity index (χ1) is 15.5. The maximum atomic E-state index is 14.3. The zero-order chi connectivity index (χ0) is 22.3. The van der Waals surface area contributed by atoms with E-state index in [4.69, 9.17) is 0 Å². The van der Waals surface area contributed by atoms with Gasteiger partial charge in [-0.05, 0) is 42.4 Å². The number of nitrogens with zero attached hydrogens (tertiary/aromatic N) is 1. The van der Waals surface area contributed by atoms with Crippen LogP contribution in [0.1, 0.15) is 22.6 Å². The number of carbonyl (C=O) groups excluding carboxylic acids is 2. The van der Waals surface area contributed by atoms with Gasteiger partial charge in [0.1, 0.15) is 11.4 Å². The first-order valence-corrected chi connectivity index (χ1v) is 10.7. The third kappa shape index (κ3) is 3.09. The Bertz CT molecular complexity index is 1210. The van der Waals surface area contributed by atoms with Gasteiger partial charge in [-0.1, -0.05) is 66.7 Å². The lowest BCUT2D eigenvalue weighted by molar-refractivity contribution is -0.133. The number of halogens is 1. The molecule has 4 nitrogen and oxygen atoms in total. The minimum atomic E-state index is -1.27. The molecule has 3 aromatic carbocycles. The van der Waals surface area contributed by atoms with Gasteiger partial charge >= 0.3 is 0 Å². The summed E-state index contributed by atoms with van der Waals surface area (Å²) in [6, 6.07) is 23.6. The molecule has 3 atom stereocenters. The molecule has 32 heavy (non-hydrogen) atoms. The van der Waals surface area contributed by atoms with E-state index in [-0.39, 0.29) is 17.6 Å². The van der Waals surface area contributed by atoms with Crippen molar-refractivity contribution in [3.05, 3.63) is 107 Å². The molecule has 2 heterocycles. The number of benzene rings is 3. The molecule has 160 valence electrons. The van der Waals surface area contributed by atoms with E-state index in [1.165, 1.54) is 12.1 Å². The lowest BCUT2D eigenvalue weighted by Gasteiger charge is -2.35. The standard InChI is InChI=1S/C27H23FN2O2/c1-30-17-21(19-10-6-3-7-11-19)25(24(31)15-12-18-8-4-2-5-9-18)27(30)22-16-20(28)13-14-23(22)29-26(27)32/h2-16,21,25H,17H2,1H3,(H,29,32)/b15-12+/t21-,25-,27-/m1/s1. The van der Waals surface area contributed by atoms with Crippen LogP contribution in [0, 0.1) is 11.7 Å². The number of hydrogen-bond acceptors (Lipinski definition) is 3. The number of rotatable bonds is 4. The Labute approximate surface area is 186 Å². The topological polar surface area (TPSA) is 49.4 Å². The summed E-state index contributed by atoms with van der Waals surface area (Å²) < 4.78 is 14.3. The van der Waals surface area contributed by atoms with Gasteiger partial charge in [-0.3, -0.25) is 14.5 Å². The Hall–Kier alpha value is -3.57. The Balaban J connectivity index is 1.66. The van der Waals surface area contributed by atoms with E-state index in [1.807, 2.05) is 72.6 Å². The van der Waals surface area contributed by atoms with Gasteiger partial charge in [-0.15, -0.1) is 0 Å². The summed E-state index contributed by atoms with van der Waals surface area (Å²) in [5.74, 6) is -1.78. The van der Waals surface area contributed by atoms with Crippen LogP contribution in [0.2, 0.25) is 0 Å². The third-order valence-corrected chi connectivity index (χ3v) is 6.69. The molecule has 0 aliphatic carbocycles. The van der Waals surface area contributed by atoms with Gasteiger partial charge in [0.25, 0.3) is 0 Å². The second-order valence-corrected chi connectivity index (χ2v) is 8.43. The highest BCUT2D eigenvalue weighted by molar-refractivity contribution is 6.11. The molecule has 2 aliphatic heterocycles. The largest absolute Gasteiger partial charge is 0.324 e. The lowest BCUT2D eigenvalue weighted by Crippen LogP contribution is -2.51. The van der Waals surface area contributed by atoms with Crippen molar-refractivity contribution in [1.29, 1.82) is 0 Å². The maximum Gasteiger partial charge on any atom is 0.250 e. The van der Waals surface area contributed by atoms with E-state index in [2.05, 4.69) is 5.32 Å². The molecule has 0 aromatic heterocycles. The van der Waals surface area contributed by atoms with Gasteiger partial charge < -0.3 is 5.32 Å². The molecule has 5 rings (SSSR count). The van der Waals surface area contributed by atoms with Crippen molar-refractivity contribution in [2.75, 3.05) is 18.9 Å². The average molecular weight is 426 g/mol. The summed E-state index contributed by atoms with van der Waals surface area (Å²) in [5, 5.41) is 2.89. The van der Waals surface area contributed by atoms with E-state index < -0.39 is 17.3 Å². The third-order valence-electron chi connectivity index (χ3n) is 6.69. The highest BCUT2D eigenvalue weighted by Crippen LogP contribution is 2.55. The smallest absolute Gasteiger partial charge is 0.250 e. The predicted octanol–water partition coefficient (Wildman–Crippen LogP) is 4.60. The SMILES string of the molecule is CN1C[C@H](c2ccccc2)[C@H](C(=O)/C=C/c2ccccc2)[C@]12C(=O)Nc1ccc(F)cc12. The van der Waals surface area contributed by atoms with Gasteiger partial charge in [0.15, 0.2) is 5.78 Å². The summed E-state index contributed by atoms with van der Waals surface area (Å²) in [5.41, 5.74) is 1.70. The quantitative estimate of drug-likeness (QED) is 0.621. The van der Waals surface area contributed by atoms with Crippen LogP contribution in [0.4, 0.5) is 10.1 Å². The number of amides is 1. The Morgan fingerprint density at radius 1 is 1.06 bits per heavy atom. The number of nitrogens with one attached hydrogen (secondary N) is 1. The monoisotopic (exact) mass is 426 g/mol. The molecule has 1 fully saturated rings. The fourth-order valence-electron chi connectivity index (χ4n) is 5.29. The van der Waals surface area contributed by atoms with Crippen LogP contribution in [0.25, 0.3) is 6.08 Å². The molecule has 0 unspecified atom stereocenters. The van der Waals surface area contributed by atoms with Crippen molar-refractivity contribution in [2.45, 2.75) is 11.5 Å². The van der Waals surface area contributed by atoms with Crippen LogP contribution in [-0.4, -0.2) is 30.2 Å². The lowest BCUT2D eigenvalue weighted by atomic mass is 9.71. The number of allylic oxidation sites excluding steroid dienone is 1. The average Bonchev–Trinajstić information content (AvgIpc) is 3.28. The Morgan fingerprint density at radius 3 is 2.47 bits per heavy atom. The van der Waals surface area contributed by atoms with Gasteiger partial charge in [0.05, 0.1) is 5.92 Å². The second-order valence-electron chi connectivity index (χ2n) is 8.43. The fourth-order valence-corrected chi connectivity index (χ4v) is 5.29. The number of carbonyl (C=O) groups is 2. The van der Waals surface area contributed by atoms with Crippen molar-refractivity contribution in [2.24, 2.45) is 5.92 Å². The number of likely N-dealkylation sites (tertiary alicyclic amines) is 1. The van der Waals surface area contributed by atoms with E-state index in [0.29, 0.717) is 17.8 Å². The van der Waals surface area contributed by atoms with E-state index in [0.717, 1.165) is 11.1 Å². The van der Waals surface area contributed by atoms with Gasteiger partial charge in [-0.25, -0.2) is 4.39 Å². The molecule has 5 heteroatoms. The molecule has 2 aliphatic rings. The van der Waals surface area contributed by atoms with E-state index >= 15 is 0 Å². The molecule has 1 spiro atoms. The van der Waals surface area contributed by atoms with Crippen LogP contribution in [0.5, 0.6) is 0 Å². The van der Waals surface area contributed by atoms with Crippen LogP contribution in [0.15, 0.2) is 84.9 Å². The molecular formula is C27H23FN2O2. The number of likely N-dealkylation sites (N-methyl/N-ethyl adjacent to an activating group) is 1. The summed E-state index contributed by atoms with van der Waals surface area (Å²) in [6.45, 7) is 0.503. The molecule has 1 saturated heterocycles. The van der Waals surface area contributed by atoms with E-state index in [1.54, 1.807) is 18.2 Å². The van der Waals surface area contributed by atoms with Crippen LogP contribution in [0.3, 0.4) is 0 Å². The van der Waals surface area contributed by atoms with Gasteiger partial charge in [0.2, 0.25) is 5.91 Å². The fraction of sp³-hybridized carbons (Fsp3) is 0.185. The van der Waals surface area contributed by atoms with Crippen molar-refractivity contribution in [3.63, 3.8) is 0 Å². The molecule has 0 bridgehead atoms. The highest BCUT2D eigenvalue weighted by Gasteiger charge is 2.63. The number of anilines is 1. The van der Waals surface area contributed by atoms with Crippen LogP contribution >= 0.6 is 0 Å². The zero-order valence-electron chi connectivity index (χ0n) is 17.7. The van der Waals surface area contributed by atoms with Gasteiger partial charge in [0, 0.05) is 23.7 Å². The molecule has 0 radical (unpaired) electrons. The Kier molecular flexibility index (Phi) is 4.98. The number of hydrogen-bond donors (Lipinski definition) is 1. The number of ketones is 1. The van der Waals surface area contributed by atoms with E-state index in [9.17, 15) is 14.0 Å². The minimum Gasteiger partial charge on any atom is -0.324 e. The zero-order valence-corrected chi connectivity index (χ0v) is 17.7. The normalized spacial score (nSPS) is 24.8. The molecular weight excluding hydrogens is 403 g/mol. The van der Waals surface area contributed by atoms with Crippen LogP contribution in [-0.2, 0) is 15.1 Å². The van der Waals surface area contributed by atoms with Gasteiger partial charge in [-0.2, -0.15) is 0 Å². The van der Waals surface area contributed by atoms with Crippen LogP contribution < -0.4 is 5.32 Å². The van der Waals surface area contributed by atoms with Crippen molar-refractivity contribution >= 4 is 23.5 Å². The summed E-state index contributed by atoms with van der Waals surface area (Å²) in [7, 11) is 1.84. The van der Waals surface area contributed by atoms with Crippen molar-refractivity contribution < 1.29 is 14.0 Å². The first-order valence-electron chi connectivity index (χ1n) is 10.7. The number of fused-ring (bicyclic) bond motifs is 2. The van der Waals surface area contributed by atoms with Crippen molar-refractivity contribution in [1.82, 2.24) is 4.90 Å². The predicted molar refractivity (Wildman–Crippen MR) is 122 cm³/mol. The molecule has 1 amide bonds. The summed E-state index contributed by atoms with van der Waals surface area (Å²) in [4.78, 5) is 29.2. The maximum absolute atomic E-state index is 14.3. The second kappa shape index (κ2) is 7.84. The minimum absolute atomic E-state index is 0.153. The highest BCUT2D eigenvalue weighted by atomic mass is 19.1. The molecule has 0 saturated carbocycles. The summed E-state index contributed by atoms with van der Waals surface area (Å²) in [6.07, 6.45) is 3.33. The van der Waals surface area contributed by atoms with Crippen molar-refractivity contribution in [3.8, 4) is 0 Å². The molecule has 1 N–H and O–H groups in total.